The van der Waals surface area contributed by atoms with Crippen molar-refractivity contribution in [2.24, 2.45) is 5.92 Å². The van der Waals surface area contributed by atoms with Crippen molar-refractivity contribution in [3.05, 3.63) is 18.2 Å². The molecule has 3 heteroatoms. The molecule has 0 unspecified atom stereocenters. The van der Waals surface area contributed by atoms with E-state index in [-0.39, 0.29) is 0 Å². The Bertz CT molecular complexity index is 356. The first-order chi connectivity index (χ1) is 9.33. The zero-order chi connectivity index (χ0) is 13.5. The van der Waals surface area contributed by atoms with E-state index in [0.29, 0.717) is 5.92 Å². The smallest absolute Gasteiger partial charge is 0.155 e. The van der Waals surface area contributed by atoms with Crippen LogP contribution in [0.4, 0.5) is 0 Å². The zero-order valence-corrected chi connectivity index (χ0v) is 12.3. The standard InChI is InChI=1S/C16H26N2O/c1-3-4-5-6-13-7-9-14(10-8-13)16-17-11-15(19-2)12-18-16/h11-14H,3-10H2,1-2H3/t13-,14-. The van der Waals surface area contributed by atoms with Crippen LogP contribution in [0.3, 0.4) is 0 Å². The molecule has 1 aliphatic rings. The molecule has 0 radical (unpaired) electrons. The van der Waals surface area contributed by atoms with E-state index >= 15 is 0 Å². The van der Waals surface area contributed by atoms with Crippen LogP contribution in [0.15, 0.2) is 12.4 Å². The average Bonchev–Trinajstić information content (AvgIpc) is 2.48. The lowest BCUT2D eigenvalue weighted by molar-refractivity contribution is 0.296. The van der Waals surface area contributed by atoms with Crippen molar-refractivity contribution < 1.29 is 4.74 Å². The molecular weight excluding hydrogens is 236 g/mol. The molecule has 1 aromatic rings. The number of unbranched alkanes of at least 4 members (excludes halogenated alkanes) is 2. The van der Waals surface area contributed by atoms with Crippen molar-refractivity contribution in [1.82, 2.24) is 9.97 Å². The lowest BCUT2D eigenvalue weighted by Crippen LogP contribution is -2.15. The fraction of sp³-hybridized carbons (Fsp3) is 0.750. The summed E-state index contributed by atoms with van der Waals surface area (Å²) in [6, 6.07) is 0. The lowest BCUT2D eigenvalue weighted by atomic mass is 9.79. The number of nitrogens with zero attached hydrogens (tertiary/aromatic N) is 2. The van der Waals surface area contributed by atoms with Crippen molar-refractivity contribution in [3.8, 4) is 5.75 Å². The molecule has 1 fully saturated rings. The fourth-order valence-corrected chi connectivity index (χ4v) is 3.03. The Morgan fingerprint density at radius 2 is 1.79 bits per heavy atom. The normalized spacial score (nSPS) is 23.3. The van der Waals surface area contributed by atoms with Gasteiger partial charge in [-0.05, 0) is 31.6 Å². The molecule has 1 aromatic heterocycles. The van der Waals surface area contributed by atoms with Crippen LogP contribution in [0.5, 0.6) is 5.75 Å². The van der Waals surface area contributed by atoms with E-state index in [0.717, 1.165) is 17.5 Å². The number of rotatable bonds is 6. The van der Waals surface area contributed by atoms with Crippen molar-refractivity contribution in [2.45, 2.75) is 64.2 Å². The van der Waals surface area contributed by atoms with Crippen LogP contribution in [-0.2, 0) is 0 Å². The van der Waals surface area contributed by atoms with Crippen molar-refractivity contribution in [3.63, 3.8) is 0 Å². The number of methoxy groups -OCH3 is 1. The maximum atomic E-state index is 5.10. The van der Waals surface area contributed by atoms with Gasteiger partial charge >= 0.3 is 0 Å². The summed E-state index contributed by atoms with van der Waals surface area (Å²) in [6.45, 7) is 2.28. The first-order valence-electron chi connectivity index (χ1n) is 7.69. The molecule has 0 atom stereocenters. The lowest BCUT2D eigenvalue weighted by Gasteiger charge is -2.27. The minimum absolute atomic E-state index is 0.563. The first-order valence-corrected chi connectivity index (χ1v) is 7.69. The van der Waals surface area contributed by atoms with Crippen LogP contribution >= 0.6 is 0 Å². The van der Waals surface area contributed by atoms with Gasteiger partial charge in [-0.3, -0.25) is 0 Å². The van der Waals surface area contributed by atoms with E-state index in [1.54, 1.807) is 19.5 Å². The molecular formula is C16H26N2O. The van der Waals surface area contributed by atoms with Gasteiger partial charge in [0.1, 0.15) is 5.82 Å². The predicted molar refractivity (Wildman–Crippen MR) is 77.4 cm³/mol. The molecule has 0 saturated heterocycles. The van der Waals surface area contributed by atoms with Gasteiger partial charge in [0.2, 0.25) is 0 Å². The summed E-state index contributed by atoms with van der Waals surface area (Å²) in [5.74, 6) is 3.26. The molecule has 0 spiro atoms. The van der Waals surface area contributed by atoms with Gasteiger partial charge in [0.25, 0.3) is 0 Å². The van der Waals surface area contributed by atoms with Crippen molar-refractivity contribution in [2.75, 3.05) is 7.11 Å². The van der Waals surface area contributed by atoms with Gasteiger partial charge in [0, 0.05) is 5.92 Å². The second-order valence-electron chi connectivity index (χ2n) is 5.69. The predicted octanol–water partition coefficient (Wildman–Crippen LogP) is 4.34. The monoisotopic (exact) mass is 262 g/mol. The maximum Gasteiger partial charge on any atom is 0.155 e. The van der Waals surface area contributed by atoms with Crippen LogP contribution < -0.4 is 4.74 Å². The van der Waals surface area contributed by atoms with Crippen molar-refractivity contribution in [1.29, 1.82) is 0 Å². The number of hydrogen-bond acceptors (Lipinski definition) is 3. The summed E-state index contributed by atoms with van der Waals surface area (Å²) in [6.07, 6.45) is 14.3. The van der Waals surface area contributed by atoms with Crippen LogP contribution in [0.2, 0.25) is 0 Å². The zero-order valence-electron chi connectivity index (χ0n) is 12.3. The minimum atomic E-state index is 0.563. The Morgan fingerprint density at radius 1 is 1.11 bits per heavy atom. The number of aromatic nitrogens is 2. The highest BCUT2D eigenvalue weighted by atomic mass is 16.5. The third-order valence-corrected chi connectivity index (χ3v) is 4.31. The van der Waals surface area contributed by atoms with E-state index in [1.165, 1.54) is 51.4 Å². The Balaban J connectivity index is 1.78. The molecule has 106 valence electrons. The van der Waals surface area contributed by atoms with Gasteiger partial charge < -0.3 is 4.74 Å². The largest absolute Gasteiger partial charge is 0.494 e. The van der Waals surface area contributed by atoms with Crippen LogP contribution in [0, 0.1) is 5.92 Å². The van der Waals surface area contributed by atoms with E-state index in [1.807, 2.05) is 0 Å². The number of ether oxygens (including phenoxy) is 1. The fourth-order valence-electron chi connectivity index (χ4n) is 3.03. The quantitative estimate of drug-likeness (QED) is 0.715. The Labute approximate surface area is 116 Å². The Hall–Kier alpha value is -1.12. The summed E-state index contributed by atoms with van der Waals surface area (Å²) in [5.41, 5.74) is 0. The molecule has 2 rings (SSSR count). The summed E-state index contributed by atoms with van der Waals surface area (Å²) in [7, 11) is 1.65. The Morgan fingerprint density at radius 3 is 2.37 bits per heavy atom. The second kappa shape index (κ2) is 7.46. The second-order valence-corrected chi connectivity index (χ2v) is 5.69. The van der Waals surface area contributed by atoms with Crippen LogP contribution in [0.25, 0.3) is 0 Å². The summed E-state index contributed by atoms with van der Waals surface area (Å²) in [4.78, 5) is 8.88. The highest BCUT2D eigenvalue weighted by Gasteiger charge is 2.23. The van der Waals surface area contributed by atoms with E-state index in [4.69, 9.17) is 4.74 Å². The minimum Gasteiger partial charge on any atom is -0.494 e. The summed E-state index contributed by atoms with van der Waals surface area (Å²) >= 11 is 0. The Kier molecular flexibility index (Phi) is 5.62. The average molecular weight is 262 g/mol. The SMILES string of the molecule is CCCCC[C@H]1CC[C@H](c2ncc(OC)cn2)CC1. The molecule has 0 bridgehead atoms. The molecule has 3 nitrogen and oxygen atoms in total. The van der Waals surface area contributed by atoms with Gasteiger partial charge in [-0.15, -0.1) is 0 Å². The molecule has 1 aliphatic carbocycles. The van der Waals surface area contributed by atoms with Crippen molar-refractivity contribution >= 4 is 0 Å². The third kappa shape index (κ3) is 4.19. The molecule has 0 N–H and O–H groups in total. The molecule has 1 heterocycles. The van der Waals surface area contributed by atoms with Crippen LogP contribution in [0.1, 0.15) is 70.0 Å². The van der Waals surface area contributed by atoms with Gasteiger partial charge in [-0.1, -0.05) is 32.6 Å². The molecule has 1 saturated carbocycles. The van der Waals surface area contributed by atoms with Crippen LogP contribution in [-0.4, -0.2) is 17.1 Å². The number of hydrogen-bond donors (Lipinski definition) is 0. The topological polar surface area (TPSA) is 35.0 Å². The maximum absolute atomic E-state index is 5.10. The van der Waals surface area contributed by atoms with Gasteiger partial charge in [0.05, 0.1) is 19.5 Å². The summed E-state index contributed by atoms with van der Waals surface area (Å²) < 4.78 is 5.10. The van der Waals surface area contributed by atoms with E-state index < -0.39 is 0 Å². The van der Waals surface area contributed by atoms with Gasteiger partial charge in [-0.2, -0.15) is 0 Å². The van der Waals surface area contributed by atoms with E-state index in [2.05, 4.69) is 16.9 Å². The highest BCUT2D eigenvalue weighted by molar-refractivity contribution is 5.13. The van der Waals surface area contributed by atoms with Gasteiger partial charge in [-0.25, -0.2) is 9.97 Å². The van der Waals surface area contributed by atoms with Gasteiger partial charge in [0.15, 0.2) is 5.75 Å². The molecule has 0 aromatic carbocycles. The third-order valence-electron chi connectivity index (χ3n) is 4.31. The molecule has 0 amide bonds. The molecule has 19 heavy (non-hydrogen) atoms. The molecule has 0 aliphatic heterocycles. The first kappa shape index (κ1) is 14.3. The van der Waals surface area contributed by atoms with E-state index in [9.17, 15) is 0 Å². The summed E-state index contributed by atoms with van der Waals surface area (Å²) in [5, 5.41) is 0. The highest BCUT2D eigenvalue weighted by Crippen LogP contribution is 2.36.